The van der Waals surface area contributed by atoms with E-state index in [-0.39, 0.29) is 42.2 Å². The molecule has 4 aliphatic carbocycles. The van der Waals surface area contributed by atoms with E-state index in [0.717, 1.165) is 25.0 Å². The third-order valence-electron chi connectivity index (χ3n) is 7.39. The standard InChI is InChI=1S/C23H22ClF3N2O5S/c24-11-1-2-16-14(3-11)15(30)6-17(33-16)19(31)29-22-8-21(9-22,10-22)18-7-35-20(28-18)32-12-4-13(5-12)34-23(25,26)27/h1-3,7,12-13,15,17,30H,4-6,8-10H2,(H,29,31)/t12-,13+,15-,17-,21?,22?/m1/s1. The van der Waals surface area contributed by atoms with E-state index in [2.05, 4.69) is 15.0 Å². The lowest BCUT2D eigenvalue weighted by Gasteiger charge is -2.70. The van der Waals surface area contributed by atoms with E-state index in [4.69, 9.17) is 21.1 Å². The Hall–Kier alpha value is -2.08. The number of amides is 1. The quantitative estimate of drug-likeness (QED) is 0.575. The number of ether oxygens (including phenoxy) is 3. The molecule has 4 saturated carbocycles. The summed E-state index contributed by atoms with van der Waals surface area (Å²) in [6, 6.07) is 4.96. The van der Waals surface area contributed by atoms with Gasteiger partial charge >= 0.3 is 6.36 Å². The van der Waals surface area contributed by atoms with Gasteiger partial charge in [0, 0.05) is 46.2 Å². The van der Waals surface area contributed by atoms with Gasteiger partial charge in [0.1, 0.15) is 11.9 Å². The summed E-state index contributed by atoms with van der Waals surface area (Å²) in [4.78, 5) is 17.4. The number of fused-ring (bicyclic) bond motifs is 1. The predicted molar refractivity (Wildman–Crippen MR) is 119 cm³/mol. The molecule has 0 unspecified atom stereocenters. The molecule has 0 radical (unpaired) electrons. The second-order valence-electron chi connectivity index (χ2n) is 10.0. The molecule has 2 N–H and O–H groups in total. The molecular formula is C23H22ClF3N2O5S. The molecule has 1 aromatic heterocycles. The van der Waals surface area contributed by atoms with Crippen LogP contribution in [-0.4, -0.2) is 46.2 Å². The Morgan fingerprint density at radius 2 is 1.97 bits per heavy atom. The van der Waals surface area contributed by atoms with Crippen molar-refractivity contribution in [3.05, 3.63) is 39.9 Å². The number of rotatable bonds is 6. The summed E-state index contributed by atoms with van der Waals surface area (Å²) < 4.78 is 52.3. The Balaban J connectivity index is 1.00. The Labute approximate surface area is 207 Å². The number of hydrogen-bond donors (Lipinski definition) is 2. The van der Waals surface area contributed by atoms with Crippen molar-refractivity contribution in [1.29, 1.82) is 0 Å². The lowest BCUT2D eigenvalue weighted by molar-refractivity contribution is -0.355. The number of aromatic nitrogens is 1. The maximum Gasteiger partial charge on any atom is 0.522 e. The Bertz CT molecular complexity index is 1150. The Kier molecular flexibility index (Phi) is 5.30. The predicted octanol–water partition coefficient (Wildman–Crippen LogP) is 4.42. The number of aliphatic hydroxyl groups is 1. The van der Waals surface area contributed by atoms with E-state index in [1.807, 2.05) is 5.38 Å². The van der Waals surface area contributed by atoms with Crippen molar-refractivity contribution in [2.24, 2.45) is 0 Å². The maximum atomic E-state index is 12.9. The molecule has 1 aliphatic heterocycles. The zero-order chi connectivity index (χ0) is 24.6. The van der Waals surface area contributed by atoms with Crippen LogP contribution in [0.5, 0.6) is 10.9 Å². The fourth-order valence-electron chi connectivity index (χ4n) is 5.71. The van der Waals surface area contributed by atoms with E-state index in [1.165, 1.54) is 11.3 Å². The number of nitrogens with one attached hydrogen (secondary N) is 1. The minimum atomic E-state index is -4.62. The van der Waals surface area contributed by atoms with Gasteiger partial charge in [-0.2, -0.15) is 0 Å². The number of hydrogen-bond acceptors (Lipinski definition) is 7. The molecule has 1 aromatic carbocycles. The summed E-state index contributed by atoms with van der Waals surface area (Å²) >= 11 is 7.32. The van der Waals surface area contributed by atoms with Gasteiger partial charge < -0.3 is 19.9 Å². The fourth-order valence-corrected chi connectivity index (χ4v) is 6.75. The van der Waals surface area contributed by atoms with Crippen LogP contribution in [0, 0.1) is 0 Å². The van der Waals surface area contributed by atoms with Crippen molar-refractivity contribution in [1.82, 2.24) is 10.3 Å². The molecule has 12 heteroatoms. The smallest absolute Gasteiger partial charge is 0.480 e. The Morgan fingerprint density at radius 1 is 1.23 bits per heavy atom. The highest BCUT2D eigenvalue weighted by molar-refractivity contribution is 7.11. The van der Waals surface area contributed by atoms with Crippen molar-refractivity contribution in [3.8, 4) is 10.9 Å². The number of carbonyl (C=O) groups excluding carboxylic acids is 1. The topological polar surface area (TPSA) is 89.9 Å². The van der Waals surface area contributed by atoms with Gasteiger partial charge in [0.15, 0.2) is 6.10 Å². The zero-order valence-corrected chi connectivity index (χ0v) is 19.9. The molecule has 1 amide bonds. The summed E-state index contributed by atoms with van der Waals surface area (Å²) in [5.41, 5.74) is 1.07. The summed E-state index contributed by atoms with van der Waals surface area (Å²) in [5, 5.41) is 16.4. The molecule has 0 spiro atoms. The highest BCUT2D eigenvalue weighted by atomic mass is 35.5. The molecule has 2 heterocycles. The average Bonchev–Trinajstić information content (AvgIpc) is 3.15. The molecule has 2 aromatic rings. The van der Waals surface area contributed by atoms with Crippen LogP contribution >= 0.6 is 22.9 Å². The van der Waals surface area contributed by atoms with Crippen molar-refractivity contribution in [3.63, 3.8) is 0 Å². The van der Waals surface area contributed by atoms with Gasteiger partial charge in [-0.25, -0.2) is 4.98 Å². The Morgan fingerprint density at radius 3 is 2.69 bits per heavy atom. The molecule has 35 heavy (non-hydrogen) atoms. The third kappa shape index (κ3) is 4.26. The van der Waals surface area contributed by atoms with Crippen molar-refractivity contribution in [2.75, 3.05) is 0 Å². The second kappa shape index (κ2) is 7.96. The van der Waals surface area contributed by atoms with Crippen LogP contribution in [0.2, 0.25) is 5.02 Å². The largest absolute Gasteiger partial charge is 0.522 e. The highest BCUT2D eigenvalue weighted by Gasteiger charge is 2.70. The number of thiazole rings is 1. The first kappa shape index (κ1) is 23.3. The monoisotopic (exact) mass is 530 g/mol. The minimum Gasteiger partial charge on any atom is -0.480 e. The van der Waals surface area contributed by atoms with Crippen molar-refractivity contribution < 1.29 is 37.3 Å². The number of carbonyl (C=O) groups is 1. The van der Waals surface area contributed by atoms with Crippen LogP contribution < -0.4 is 14.8 Å². The normalized spacial score (nSPS) is 35.0. The van der Waals surface area contributed by atoms with Crippen molar-refractivity contribution in [2.45, 2.75) is 80.3 Å². The number of aliphatic hydroxyl groups excluding tert-OH is 1. The van der Waals surface area contributed by atoms with Gasteiger partial charge in [-0.3, -0.25) is 9.53 Å². The summed E-state index contributed by atoms with van der Waals surface area (Å²) in [6.07, 6.45) is -4.64. The summed E-state index contributed by atoms with van der Waals surface area (Å²) in [5.74, 6) is 0.209. The van der Waals surface area contributed by atoms with E-state index >= 15 is 0 Å². The van der Waals surface area contributed by atoms with E-state index in [0.29, 0.717) is 21.5 Å². The minimum absolute atomic E-state index is 0.108. The van der Waals surface area contributed by atoms with Crippen LogP contribution in [0.3, 0.4) is 0 Å². The molecule has 4 fully saturated rings. The van der Waals surface area contributed by atoms with E-state index in [9.17, 15) is 23.1 Å². The van der Waals surface area contributed by atoms with Crippen LogP contribution in [0.1, 0.15) is 55.9 Å². The van der Waals surface area contributed by atoms with Crippen LogP contribution in [0.15, 0.2) is 23.6 Å². The SMILES string of the molecule is O=C(NC12CC(c3csc(O[C@H]4C[C@@H](OC(F)(F)F)C4)n3)(C1)C2)[C@H]1C[C@@H](O)c2cc(Cl)ccc2O1. The molecule has 7 rings (SSSR count). The molecule has 0 saturated heterocycles. The van der Waals surface area contributed by atoms with E-state index in [1.54, 1.807) is 18.2 Å². The number of nitrogens with zero attached hydrogens (tertiary/aromatic N) is 1. The number of halogens is 4. The van der Waals surface area contributed by atoms with Gasteiger partial charge in [-0.15, -0.1) is 13.2 Å². The van der Waals surface area contributed by atoms with Crippen LogP contribution in [-0.2, 0) is 14.9 Å². The molecule has 5 aliphatic rings. The van der Waals surface area contributed by atoms with Crippen LogP contribution in [0.4, 0.5) is 13.2 Å². The average molecular weight is 531 g/mol. The van der Waals surface area contributed by atoms with E-state index < -0.39 is 24.7 Å². The molecule has 2 bridgehead atoms. The van der Waals surface area contributed by atoms with Gasteiger partial charge in [0.2, 0.25) is 0 Å². The third-order valence-corrected chi connectivity index (χ3v) is 8.36. The lowest BCUT2D eigenvalue weighted by Crippen LogP contribution is -2.77. The van der Waals surface area contributed by atoms with Gasteiger partial charge in [-0.1, -0.05) is 22.9 Å². The fraction of sp³-hybridized carbons (Fsp3) is 0.565. The maximum absolute atomic E-state index is 12.9. The first-order valence-corrected chi connectivity index (χ1v) is 12.6. The highest BCUT2D eigenvalue weighted by Crippen LogP contribution is 2.68. The summed E-state index contributed by atoms with van der Waals surface area (Å²) in [7, 11) is 0. The van der Waals surface area contributed by atoms with Gasteiger partial charge in [0.25, 0.3) is 11.1 Å². The molecule has 2 atom stereocenters. The lowest BCUT2D eigenvalue weighted by atomic mass is 9.38. The molecular weight excluding hydrogens is 509 g/mol. The summed E-state index contributed by atoms with van der Waals surface area (Å²) in [6.45, 7) is 0. The number of alkyl halides is 3. The van der Waals surface area contributed by atoms with Gasteiger partial charge in [-0.05, 0) is 37.5 Å². The molecule has 7 nitrogen and oxygen atoms in total. The van der Waals surface area contributed by atoms with Crippen molar-refractivity contribution >= 4 is 28.8 Å². The first-order chi connectivity index (χ1) is 16.5. The zero-order valence-electron chi connectivity index (χ0n) is 18.3. The van der Waals surface area contributed by atoms with Crippen LogP contribution in [0.25, 0.3) is 0 Å². The number of benzene rings is 1. The second-order valence-corrected chi connectivity index (χ2v) is 11.3. The first-order valence-electron chi connectivity index (χ1n) is 11.3. The molecule has 188 valence electrons. The van der Waals surface area contributed by atoms with Gasteiger partial charge in [0.05, 0.1) is 17.9 Å².